The van der Waals surface area contributed by atoms with E-state index < -0.39 is 6.10 Å². The van der Waals surface area contributed by atoms with Crippen LogP contribution in [0.15, 0.2) is 6.07 Å². The number of aryl methyl sites for hydroxylation is 1. The minimum Gasteiger partial charge on any atom is -0.454 e. The van der Waals surface area contributed by atoms with Gasteiger partial charge in [0.15, 0.2) is 11.5 Å². The van der Waals surface area contributed by atoms with Crippen molar-refractivity contribution < 1.29 is 14.6 Å². The minimum atomic E-state index is -0.415. The molecule has 1 N–H and O–H groups in total. The molecule has 0 saturated carbocycles. The van der Waals surface area contributed by atoms with E-state index >= 15 is 0 Å². The lowest BCUT2D eigenvalue weighted by atomic mass is 10.0. The molecule has 1 heterocycles. The van der Waals surface area contributed by atoms with Crippen LogP contribution in [0.25, 0.3) is 0 Å². The Kier molecular flexibility index (Phi) is 2.76. The zero-order valence-corrected chi connectivity index (χ0v) is 9.47. The van der Waals surface area contributed by atoms with Gasteiger partial charge in [-0.25, -0.2) is 0 Å². The number of aliphatic hydroxyl groups excluding tert-OH is 1. The smallest absolute Gasteiger partial charge is 0.231 e. The third kappa shape index (κ3) is 1.90. The van der Waals surface area contributed by atoms with Crippen molar-refractivity contribution in [3.63, 3.8) is 0 Å². The molecule has 0 aliphatic carbocycles. The molecule has 2 rings (SSSR count). The first-order chi connectivity index (χ1) is 7.09. The predicted molar refractivity (Wildman–Crippen MR) is 57.7 cm³/mol. The molecule has 0 spiro atoms. The summed E-state index contributed by atoms with van der Waals surface area (Å²) in [5.74, 6) is 1.28. The summed E-state index contributed by atoms with van der Waals surface area (Å²) in [4.78, 5) is 0. The van der Waals surface area contributed by atoms with Crippen LogP contribution in [0.5, 0.6) is 11.5 Å². The van der Waals surface area contributed by atoms with Gasteiger partial charge in [-0.3, -0.25) is 0 Å². The van der Waals surface area contributed by atoms with Gasteiger partial charge in [-0.2, -0.15) is 0 Å². The van der Waals surface area contributed by atoms with E-state index in [1.165, 1.54) is 0 Å². The summed E-state index contributed by atoms with van der Waals surface area (Å²) in [5.41, 5.74) is 1.95. The molecule has 1 aliphatic heterocycles. The predicted octanol–water partition coefficient (Wildman–Crippen LogP) is 2.30. The monoisotopic (exact) mass is 228 g/mol. The van der Waals surface area contributed by atoms with Crippen LogP contribution in [0.2, 0.25) is 5.02 Å². The maximum absolute atomic E-state index is 9.37. The molecule has 1 aliphatic rings. The van der Waals surface area contributed by atoms with E-state index in [2.05, 4.69) is 0 Å². The van der Waals surface area contributed by atoms with Gasteiger partial charge in [0.2, 0.25) is 6.79 Å². The maximum Gasteiger partial charge on any atom is 0.231 e. The summed E-state index contributed by atoms with van der Waals surface area (Å²) < 4.78 is 10.5. The Labute approximate surface area is 93.6 Å². The highest BCUT2D eigenvalue weighted by molar-refractivity contribution is 6.33. The molecule has 0 saturated heterocycles. The molecule has 0 radical (unpaired) electrons. The molecule has 0 bridgehead atoms. The highest BCUT2D eigenvalue weighted by atomic mass is 35.5. The second kappa shape index (κ2) is 3.91. The molecule has 4 heteroatoms. The summed E-state index contributed by atoms with van der Waals surface area (Å²) >= 11 is 6.19. The van der Waals surface area contributed by atoms with Gasteiger partial charge in [0.05, 0.1) is 11.1 Å². The fraction of sp³-hybridized carbons (Fsp3) is 0.455. The van der Waals surface area contributed by atoms with Gasteiger partial charge in [0.25, 0.3) is 0 Å². The molecular weight excluding hydrogens is 216 g/mol. The van der Waals surface area contributed by atoms with Gasteiger partial charge in [-0.1, -0.05) is 11.6 Å². The lowest BCUT2D eigenvalue weighted by Gasteiger charge is -2.12. The third-order valence-corrected chi connectivity index (χ3v) is 2.83. The van der Waals surface area contributed by atoms with Crippen molar-refractivity contribution in [1.29, 1.82) is 0 Å². The van der Waals surface area contributed by atoms with Crippen LogP contribution in [-0.2, 0) is 6.42 Å². The van der Waals surface area contributed by atoms with Crippen LogP contribution in [-0.4, -0.2) is 18.0 Å². The average Bonchev–Trinajstić information content (AvgIpc) is 2.59. The van der Waals surface area contributed by atoms with Gasteiger partial charge in [0.1, 0.15) is 0 Å². The highest BCUT2D eigenvalue weighted by Crippen LogP contribution is 2.42. The molecule has 0 fully saturated rings. The highest BCUT2D eigenvalue weighted by Gasteiger charge is 2.22. The van der Waals surface area contributed by atoms with Crippen LogP contribution in [0.1, 0.15) is 18.1 Å². The van der Waals surface area contributed by atoms with E-state index in [0.29, 0.717) is 22.9 Å². The van der Waals surface area contributed by atoms with Crippen LogP contribution in [0, 0.1) is 6.92 Å². The molecule has 1 aromatic carbocycles. The normalized spacial score (nSPS) is 15.5. The van der Waals surface area contributed by atoms with E-state index in [4.69, 9.17) is 21.1 Å². The fourth-order valence-electron chi connectivity index (χ4n) is 1.71. The SMILES string of the molecule is Cc1cc2c(c(Cl)c1CC(C)O)OCO2. The van der Waals surface area contributed by atoms with Gasteiger partial charge >= 0.3 is 0 Å². The molecule has 0 aromatic heterocycles. The van der Waals surface area contributed by atoms with E-state index in [-0.39, 0.29) is 6.79 Å². The Morgan fingerprint density at radius 3 is 2.93 bits per heavy atom. The summed E-state index contributed by atoms with van der Waals surface area (Å²) in [6.07, 6.45) is 0.114. The molecule has 1 aromatic rings. The van der Waals surface area contributed by atoms with E-state index in [0.717, 1.165) is 11.1 Å². The average molecular weight is 229 g/mol. The van der Waals surface area contributed by atoms with E-state index in [1.54, 1.807) is 6.92 Å². The zero-order chi connectivity index (χ0) is 11.0. The molecule has 0 amide bonds. The van der Waals surface area contributed by atoms with Crippen LogP contribution < -0.4 is 9.47 Å². The number of fused-ring (bicyclic) bond motifs is 1. The van der Waals surface area contributed by atoms with Crippen molar-refractivity contribution in [2.24, 2.45) is 0 Å². The second-order valence-corrected chi connectivity index (χ2v) is 4.15. The van der Waals surface area contributed by atoms with E-state index in [1.807, 2.05) is 13.0 Å². The van der Waals surface area contributed by atoms with Crippen LogP contribution in [0.3, 0.4) is 0 Å². The molecule has 82 valence electrons. The van der Waals surface area contributed by atoms with Crippen molar-refractivity contribution in [1.82, 2.24) is 0 Å². The lowest BCUT2D eigenvalue weighted by Crippen LogP contribution is -2.06. The van der Waals surface area contributed by atoms with E-state index in [9.17, 15) is 5.11 Å². The summed E-state index contributed by atoms with van der Waals surface area (Å²) in [6.45, 7) is 3.90. The Hall–Kier alpha value is -0.930. The lowest BCUT2D eigenvalue weighted by molar-refractivity contribution is 0.174. The first kappa shape index (κ1) is 10.6. The number of hydrogen-bond acceptors (Lipinski definition) is 3. The molecule has 1 atom stereocenters. The Balaban J connectivity index is 2.46. The quantitative estimate of drug-likeness (QED) is 0.844. The largest absolute Gasteiger partial charge is 0.454 e. The molecule has 3 nitrogen and oxygen atoms in total. The number of halogens is 1. The summed E-state index contributed by atoms with van der Waals surface area (Å²) in [7, 11) is 0. The maximum atomic E-state index is 9.37. The van der Waals surface area contributed by atoms with Crippen LogP contribution in [0.4, 0.5) is 0 Å². The summed E-state index contributed by atoms with van der Waals surface area (Å²) in [5, 5.41) is 9.93. The number of hydrogen-bond donors (Lipinski definition) is 1. The van der Waals surface area contributed by atoms with Gasteiger partial charge < -0.3 is 14.6 Å². The Morgan fingerprint density at radius 1 is 1.53 bits per heavy atom. The first-order valence-electron chi connectivity index (χ1n) is 4.85. The topological polar surface area (TPSA) is 38.7 Å². The van der Waals surface area contributed by atoms with Crippen molar-refractivity contribution >= 4 is 11.6 Å². The number of benzene rings is 1. The molecule has 1 unspecified atom stereocenters. The van der Waals surface area contributed by atoms with Crippen molar-refractivity contribution in [3.8, 4) is 11.5 Å². The van der Waals surface area contributed by atoms with Gasteiger partial charge in [-0.15, -0.1) is 0 Å². The van der Waals surface area contributed by atoms with Crippen molar-refractivity contribution in [2.45, 2.75) is 26.4 Å². The number of rotatable bonds is 2. The second-order valence-electron chi connectivity index (χ2n) is 3.77. The Bertz CT molecular complexity index is 388. The zero-order valence-electron chi connectivity index (χ0n) is 8.71. The fourth-order valence-corrected chi connectivity index (χ4v) is 2.08. The van der Waals surface area contributed by atoms with Gasteiger partial charge in [-0.05, 0) is 37.5 Å². The minimum absolute atomic E-state index is 0.215. The first-order valence-corrected chi connectivity index (χ1v) is 5.23. The molecule has 15 heavy (non-hydrogen) atoms. The summed E-state index contributed by atoms with van der Waals surface area (Å²) in [6, 6.07) is 1.89. The number of ether oxygens (including phenoxy) is 2. The van der Waals surface area contributed by atoms with Gasteiger partial charge in [0, 0.05) is 0 Å². The number of aliphatic hydroxyl groups is 1. The van der Waals surface area contributed by atoms with Crippen molar-refractivity contribution in [3.05, 3.63) is 22.2 Å². The van der Waals surface area contributed by atoms with Crippen LogP contribution >= 0.6 is 11.6 Å². The van der Waals surface area contributed by atoms with Crippen molar-refractivity contribution in [2.75, 3.05) is 6.79 Å². The molecular formula is C11H13ClO3. The Morgan fingerprint density at radius 2 is 2.27 bits per heavy atom. The third-order valence-electron chi connectivity index (χ3n) is 2.43. The standard InChI is InChI=1S/C11H13ClO3/c1-6-3-9-11(15-5-14-9)10(12)8(6)4-7(2)13/h3,7,13H,4-5H2,1-2H3.